The van der Waals surface area contributed by atoms with E-state index in [0.717, 1.165) is 28.6 Å². The van der Waals surface area contributed by atoms with Gasteiger partial charge in [0.25, 0.3) is 0 Å². The second-order valence-corrected chi connectivity index (χ2v) is 13.4. The predicted octanol–water partition coefficient (Wildman–Crippen LogP) is 11.9. The molecule has 8 aromatic carbocycles. The van der Waals surface area contributed by atoms with Gasteiger partial charge in [-0.2, -0.15) is 0 Å². The average Bonchev–Trinajstić information content (AvgIpc) is 3.19. The van der Waals surface area contributed by atoms with Crippen LogP contribution in [0.25, 0.3) is 48.7 Å². The molecule has 1 atom stereocenters. The molecule has 0 saturated carbocycles. The van der Waals surface area contributed by atoms with Crippen molar-refractivity contribution in [3.63, 3.8) is 0 Å². The highest BCUT2D eigenvalue weighted by atomic mass is 15.0. The molecule has 0 radical (unpaired) electrons. The van der Waals surface area contributed by atoms with E-state index in [2.05, 4.69) is 181 Å². The highest BCUT2D eigenvalue weighted by Crippen LogP contribution is 2.57. The molecule has 2 aliphatic carbocycles. The summed E-state index contributed by atoms with van der Waals surface area (Å²) in [4.78, 5) is 0. The highest BCUT2D eigenvalue weighted by molar-refractivity contribution is 6.19. The number of nitrogen functional groups attached to an aromatic ring is 1. The summed E-state index contributed by atoms with van der Waals surface area (Å²) in [6.07, 6.45) is 7.72. The van der Waals surface area contributed by atoms with Crippen molar-refractivity contribution in [3.8, 4) is 0 Å². The average molecular weight is 639 g/mol. The third-order valence-electron chi connectivity index (χ3n) is 10.9. The molecule has 50 heavy (non-hydrogen) atoms. The highest BCUT2D eigenvalue weighted by Gasteiger charge is 2.47. The third-order valence-corrected chi connectivity index (χ3v) is 10.9. The molecule has 0 heterocycles. The van der Waals surface area contributed by atoms with Crippen LogP contribution in [0.1, 0.15) is 28.7 Å². The fraction of sp³-hybridized carbons (Fsp3) is 0.0417. The van der Waals surface area contributed by atoms with E-state index in [-0.39, 0.29) is 0 Å². The smallest absolute Gasteiger partial charge is 0.115 e. The summed E-state index contributed by atoms with van der Waals surface area (Å²) in [5.74, 6) is 0. The summed E-state index contributed by atoms with van der Waals surface area (Å²) in [5, 5.41) is 13.7. The van der Waals surface area contributed by atoms with Gasteiger partial charge in [-0.05, 0) is 78.4 Å². The number of fused-ring (bicyclic) bond motifs is 6. The van der Waals surface area contributed by atoms with Crippen molar-refractivity contribution in [1.29, 1.82) is 0 Å². The van der Waals surface area contributed by atoms with E-state index in [1.165, 1.54) is 71.3 Å². The van der Waals surface area contributed by atoms with Crippen LogP contribution < -0.4 is 11.1 Å². The minimum atomic E-state index is -0.704. The lowest BCUT2D eigenvalue weighted by Crippen LogP contribution is -2.43. The fourth-order valence-corrected chi connectivity index (χ4v) is 8.78. The van der Waals surface area contributed by atoms with E-state index in [1.54, 1.807) is 0 Å². The van der Waals surface area contributed by atoms with Crippen molar-refractivity contribution in [2.45, 2.75) is 12.0 Å². The molecule has 0 aromatic heterocycles. The van der Waals surface area contributed by atoms with Gasteiger partial charge in [-0.3, -0.25) is 0 Å². The standard InChI is InChI=1S/C48H34N2/c49-47-37-23-7-5-21-35(37)45(36-22-6-8-24-38(36)47)46-39-25-9-11-27-42(39)48(43-28-12-10-26-40(43)46,41-29-13-17-31-15-1-3-19-33(31)41)50-44-30-14-18-32-16-2-4-20-34(32)44/h1-25,27-30,50H,26,49H2. The van der Waals surface area contributed by atoms with Crippen LogP contribution in [0.2, 0.25) is 0 Å². The second-order valence-electron chi connectivity index (χ2n) is 13.4. The van der Waals surface area contributed by atoms with Gasteiger partial charge in [-0.1, -0.05) is 170 Å². The molecule has 10 rings (SSSR count). The maximum atomic E-state index is 6.93. The number of nitrogens with one attached hydrogen (secondary N) is 1. The van der Waals surface area contributed by atoms with Gasteiger partial charge in [0.15, 0.2) is 0 Å². The van der Waals surface area contributed by atoms with Crippen molar-refractivity contribution >= 4 is 60.0 Å². The zero-order chi connectivity index (χ0) is 33.2. The van der Waals surface area contributed by atoms with Gasteiger partial charge in [-0.25, -0.2) is 0 Å². The molecule has 3 N–H and O–H groups in total. The Hall–Kier alpha value is -6.38. The summed E-state index contributed by atoms with van der Waals surface area (Å²) >= 11 is 0. The SMILES string of the molecule is Nc1c2ccccc2c(C2=C3CC=CC=C3C(Nc3cccc4ccccc34)(c3cccc4ccccc34)c3ccccc32)c2ccccc12. The van der Waals surface area contributed by atoms with Crippen molar-refractivity contribution in [2.24, 2.45) is 0 Å². The molecule has 0 fully saturated rings. The molecule has 1 unspecified atom stereocenters. The molecule has 0 aliphatic heterocycles. The van der Waals surface area contributed by atoms with Crippen molar-refractivity contribution in [3.05, 3.63) is 209 Å². The molecule has 0 amide bonds. The Balaban J connectivity index is 1.38. The first-order valence-electron chi connectivity index (χ1n) is 17.4. The lowest BCUT2D eigenvalue weighted by atomic mass is 9.63. The Kier molecular flexibility index (Phi) is 6.34. The van der Waals surface area contributed by atoms with E-state index in [4.69, 9.17) is 5.73 Å². The molecule has 2 nitrogen and oxygen atoms in total. The quantitative estimate of drug-likeness (QED) is 0.149. The van der Waals surface area contributed by atoms with Crippen molar-refractivity contribution < 1.29 is 0 Å². The molecular formula is C48H34N2. The van der Waals surface area contributed by atoms with Gasteiger partial charge in [0.2, 0.25) is 0 Å². The number of benzene rings is 8. The maximum Gasteiger partial charge on any atom is 0.115 e. The van der Waals surface area contributed by atoms with Crippen molar-refractivity contribution in [1.82, 2.24) is 0 Å². The Morgan fingerprint density at radius 3 is 1.78 bits per heavy atom. The Morgan fingerprint density at radius 1 is 0.500 bits per heavy atom. The summed E-state index contributed by atoms with van der Waals surface area (Å²) in [7, 11) is 0. The van der Waals surface area contributed by atoms with Crippen LogP contribution in [0.15, 0.2) is 187 Å². The first-order chi connectivity index (χ1) is 24.7. The normalized spacial score (nSPS) is 16.8. The summed E-state index contributed by atoms with van der Waals surface area (Å²) in [6, 6.07) is 57.2. The van der Waals surface area contributed by atoms with E-state index >= 15 is 0 Å². The zero-order valence-corrected chi connectivity index (χ0v) is 27.5. The van der Waals surface area contributed by atoms with Gasteiger partial charge in [-0.15, -0.1) is 0 Å². The summed E-state index contributed by atoms with van der Waals surface area (Å²) in [6.45, 7) is 0. The minimum Gasteiger partial charge on any atom is -0.398 e. The van der Waals surface area contributed by atoms with Crippen molar-refractivity contribution in [2.75, 3.05) is 11.1 Å². The van der Waals surface area contributed by atoms with Gasteiger partial charge < -0.3 is 11.1 Å². The number of rotatable bonds is 4. The number of nitrogens with two attached hydrogens (primary N) is 1. The van der Waals surface area contributed by atoms with Crippen LogP contribution in [-0.4, -0.2) is 0 Å². The lowest BCUT2D eigenvalue weighted by Gasteiger charge is -2.46. The monoisotopic (exact) mass is 638 g/mol. The minimum absolute atomic E-state index is 0.704. The van der Waals surface area contributed by atoms with Crippen LogP contribution in [0, 0.1) is 0 Å². The maximum absolute atomic E-state index is 6.93. The molecule has 0 saturated heterocycles. The van der Waals surface area contributed by atoms with E-state index in [1.807, 2.05) is 0 Å². The summed E-state index contributed by atoms with van der Waals surface area (Å²) < 4.78 is 0. The van der Waals surface area contributed by atoms with Crippen LogP contribution in [0.4, 0.5) is 11.4 Å². The molecule has 0 bridgehead atoms. The number of hydrogen-bond donors (Lipinski definition) is 2. The lowest BCUT2D eigenvalue weighted by molar-refractivity contribution is 0.691. The Morgan fingerprint density at radius 2 is 1.04 bits per heavy atom. The van der Waals surface area contributed by atoms with Crippen LogP contribution in [0.5, 0.6) is 0 Å². The van der Waals surface area contributed by atoms with Crippen LogP contribution >= 0.6 is 0 Å². The van der Waals surface area contributed by atoms with Crippen LogP contribution in [0.3, 0.4) is 0 Å². The molecule has 8 aromatic rings. The molecule has 2 aliphatic rings. The predicted molar refractivity (Wildman–Crippen MR) is 212 cm³/mol. The number of allylic oxidation sites excluding steroid dienone is 3. The Bertz CT molecular complexity index is 2710. The van der Waals surface area contributed by atoms with Gasteiger partial charge >= 0.3 is 0 Å². The summed E-state index contributed by atoms with van der Waals surface area (Å²) in [5.41, 5.74) is 17.0. The number of anilines is 2. The van der Waals surface area contributed by atoms with E-state index < -0.39 is 5.54 Å². The third kappa shape index (κ3) is 4.02. The number of hydrogen-bond acceptors (Lipinski definition) is 2. The zero-order valence-electron chi connectivity index (χ0n) is 27.5. The largest absolute Gasteiger partial charge is 0.398 e. The Labute approximate surface area is 291 Å². The van der Waals surface area contributed by atoms with E-state index in [0.29, 0.717) is 0 Å². The van der Waals surface area contributed by atoms with Gasteiger partial charge in [0.1, 0.15) is 5.54 Å². The molecule has 0 spiro atoms. The first-order valence-corrected chi connectivity index (χ1v) is 17.4. The molecule has 236 valence electrons. The molecular weight excluding hydrogens is 605 g/mol. The van der Waals surface area contributed by atoms with E-state index in [9.17, 15) is 0 Å². The fourth-order valence-electron chi connectivity index (χ4n) is 8.78. The van der Waals surface area contributed by atoms with Crippen LogP contribution in [-0.2, 0) is 5.54 Å². The van der Waals surface area contributed by atoms with Gasteiger partial charge in [0, 0.05) is 27.5 Å². The second kappa shape index (κ2) is 11.1. The topological polar surface area (TPSA) is 38.0 Å². The van der Waals surface area contributed by atoms with Gasteiger partial charge in [0.05, 0.1) is 0 Å². The molecule has 2 heteroatoms. The first kappa shape index (κ1) is 28.6.